The van der Waals surface area contributed by atoms with Crippen LogP contribution in [-0.4, -0.2) is 29.2 Å². The molecule has 1 aliphatic carbocycles. The fourth-order valence-electron chi connectivity index (χ4n) is 3.97. The lowest BCUT2D eigenvalue weighted by Gasteiger charge is -2.37. The second-order valence-corrected chi connectivity index (χ2v) is 6.36. The summed E-state index contributed by atoms with van der Waals surface area (Å²) < 4.78 is 0. The lowest BCUT2D eigenvalue weighted by atomic mass is 9.67. The van der Waals surface area contributed by atoms with Crippen LogP contribution in [0.25, 0.3) is 10.9 Å². The first-order chi connectivity index (χ1) is 10.3. The third kappa shape index (κ3) is 2.03. The van der Waals surface area contributed by atoms with Crippen LogP contribution in [0.15, 0.2) is 24.4 Å². The number of aromatic nitrogens is 2. The molecule has 21 heavy (non-hydrogen) atoms. The van der Waals surface area contributed by atoms with Crippen LogP contribution in [0.4, 0.5) is 5.69 Å². The molecule has 1 aliphatic heterocycles. The molecule has 1 aromatic carbocycles. The molecule has 1 aromatic heterocycles. The number of hydrogen-bond acceptors (Lipinski definition) is 3. The van der Waals surface area contributed by atoms with Gasteiger partial charge in [0, 0.05) is 17.6 Å². The van der Waals surface area contributed by atoms with Gasteiger partial charge in [0.2, 0.25) is 5.91 Å². The van der Waals surface area contributed by atoms with E-state index in [0.29, 0.717) is 5.92 Å². The van der Waals surface area contributed by atoms with E-state index in [1.807, 2.05) is 18.2 Å². The Bertz CT molecular complexity index is 680. The van der Waals surface area contributed by atoms with E-state index < -0.39 is 0 Å². The number of rotatable bonds is 2. The maximum atomic E-state index is 12.9. The summed E-state index contributed by atoms with van der Waals surface area (Å²) in [6.45, 7) is 1.80. The standard InChI is InChI=1S/C16H20N4O/c21-15(16-6-2-1-3-12(16)9-17-10-16)19-13-4-5-14-11(7-13)8-18-20-14/h4-5,7-8,12,17H,1-3,6,9-10H2,(H,18,20)(H,19,21)/t12-,16+/m0/s1. The first-order valence-electron chi connectivity index (χ1n) is 7.73. The largest absolute Gasteiger partial charge is 0.326 e. The van der Waals surface area contributed by atoms with Gasteiger partial charge in [-0.05, 0) is 43.5 Å². The summed E-state index contributed by atoms with van der Waals surface area (Å²) in [4.78, 5) is 12.9. The van der Waals surface area contributed by atoms with Gasteiger partial charge in [-0.15, -0.1) is 0 Å². The Morgan fingerprint density at radius 2 is 2.33 bits per heavy atom. The highest BCUT2D eigenvalue weighted by Crippen LogP contribution is 2.44. The van der Waals surface area contributed by atoms with Gasteiger partial charge in [-0.3, -0.25) is 9.89 Å². The number of amides is 1. The van der Waals surface area contributed by atoms with Gasteiger partial charge in [0.1, 0.15) is 0 Å². The number of nitrogens with one attached hydrogen (secondary N) is 3. The molecule has 2 atom stereocenters. The Balaban J connectivity index is 1.59. The van der Waals surface area contributed by atoms with E-state index in [4.69, 9.17) is 0 Å². The zero-order valence-electron chi connectivity index (χ0n) is 12.0. The first kappa shape index (κ1) is 12.8. The molecule has 1 amide bonds. The molecule has 0 unspecified atom stereocenters. The number of benzene rings is 1. The zero-order valence-corrected chi connectivity index (χ0v) is 12.0. The number of H-pyrrole nitrogens is 1. The lowest BCUT2D eigenvalue weighted by Crippen LogP contribution is -2.44. The van der Waals surface area contributed by atoms with Crippen molar-refractivity contribution < 1.29 is 4.79 Å². The molecule has 3 N–H and O–H groups in total. The summed E-state index contributed by atoms with van der Waals surface area (Å²) in [6.07, 6.45) is 6.37. The van der Waals surface area contributed by atoms with E-state index in [1.165, 1.54) is 12.8 Å². The number of hydrogen-bond donors (Lipinski definition) is 3. The van der Waals surface area contributed by atoms with Crippen LogP contribution >= 0.6 is 0 Å². The Morgan fingerprint density at radius 1 is 1.38 bits per heavy atom. The highest BCUT2D eigenvalue weighted by atomic mass is 16.2. The van der Waals surface area contributed by atoms with Crippen molar-refractivity contribution in [1.82, 2.24) is 15.5 Å². The molecule has 5 nitrogen and oxygen atoms in total. The van der Waals surface area contributed by atoms with Crippen molar-refractivity contribution in [1.29, 1.82) is 0 Å². The number of fused-ring (bicyclic) bond motifs is 2. The zero-order chi connectivity index (χ0) is 14.3. The van der Waals surface area contributed by atoms with Gasteiger partial charge in [0.15, 0.2) is 0 Å². The molecule has 1 saturated carbocycles. The Morgan fingerprint density at radius 3 is 3.29 bits per heavy atom. The van der Waals surface area contributed by atoms with Crippen molar-refractivity contribution in [3.8, 4) is 0 Å². The highest BCUT2D eigenvalue weighted by molar-refractivity contribution is 5.97. The quantitative estimate of drug-likeness (QED) is 0.792. The van der Waals surface area contributed by atoms with Crippen molar-refractivity contribution in [2.75, 3.05) is 18.4 Å². The average Bonchev–Trinajstić information content (AvgIpc) is 3.13. The Kier molecular flexibility index (Phi) is 2.96. The molecular formula is C16H20N4O. The van der Waals surface area contributed by atoms with Gasteiger partial charge in [-0.25, -0.2) is 0 Å². The first-order valence-corrected chi connectivity index (χ1v) is 7.73. The molecule has 0 radical (unpaired) electrons. The summed E-state index contributed by atoms with van der Waals surface area (Å²) in [7, 11) is 0. The summed E-state index contributed by atoms with van der Waals surface area (Å²) in [5.74, 6) is 0.670. The minimum absolute atomic E-state index is 0.181. The number of carbonyl (C=O) groups is 1. The molecule has 2 fully saturated rings. The summed E-state index contributed by atoms with van der Waals surface area (Å²) in [6, 6.07) is 5.88. The van der Waals surface area contributed by atoms with Crippen molar-refractivity contribution in [3.05, 3.63) is 24.4 Å². The molecule has 110 valence electrons. The minimum Gasteiger partial charge on any atom is -0.326 e. The van der Waals surface area contributed by atoms with Crippen molar-refractivity contribution in [2.45, 2.75) is 25.7 Å². The second kappa shape index (κ2) is 4.84. The molecule has 5 heteroatoms. The maximum absolute atomic E-state index is 12.9. The van der Waals surface area contributed by atoms with E-state index in [9.17, 15) is 4.79 Å². The topological polar surface area (TPSA) is 69.8 Å². The molecule has 2 aromatic rings. The van der Waals surface area contributed by atoms with Crippen molar-refractivity contribution in [3.63, 3.8) is 0 Å². The molecule has 2 heterocycles. The number of nitrogens with zero attached hydrogens (tertiary/aromatic N) is 1. The molecule has 0 spiro atoms. The normalized spacial score (nSPS) is 28.5. The van der Waals surface area contributed by atoms with Gasteiger partial charge in [-0.2, -0.15) is 5.10 Å². The molecule has 4 rings (SSSR count). The van der Waals surface area contributed by atoms with Crippen molar-refractivity contribution in [2.24, 2.45) is 11.3 Å². The van der Waals surface area contributed by atoms with Crippen LogP contribution in [0, 0.1) is 11.3 Å². The predicted octanol–water partition coefficient (Wildman–Crippen LogP) is 2.28. The van der Waals surface area contributed by atoms with Crippen LogP contribution < -0.4 is 10.6 Å². The van der Waals surface area contributed by atoms with Gasteiger partial charge >= 0.3 is 0 Å². The lowest BCUT2D eigenvalue weighted by molar-refractivity contribution is -0.128. The summed E-state index contributed by atoms with van der Waals surface area (Å²) in [5.41, 5.74) is 1.65. The Labute approximate surface area is 123 Å². The molecule has 2 aliphatic rings. The summed E-state index contributed by atoms with van der Waals surface area (Å²) >= 11 is 0. The van der Waals surface area contributed by atoms with Crippen LogP contribution in [0.5, 0.6) is 0 Å². The summed E-state index contributed by atoms with van der Waals surface area (Å²) in [5, 5.41) is 14.5. The van der Waals surface area contributed by atoms with E-state index in [1.54, 1.807) is 6.20 Å². The van der Waals surface area contributed by atoms with Crippen molar-refractivity contribution >= 4 is 22.5 Å². The fourth-order valence-corrected chi connectivity index (χ4v) is 3.97. The second-order valence-electron chi connectivity index (χ2n) is 6.36. The third-order valence-electron chi connectivity index (χ3n) is 5.19. The maximum Gasteiger partial charge on any atom is 0.232 e. The fraction of sp³-hybridized carbons (Fsp3) is 0.500. The van der Waals surface area contributed by atoms with E-state index in [-0.39, 0.29) is 11.3 Å². The average molecular weight is 284 g/mol. The van der Waals surface area contributed by atoms with E-state index in [0.717, 1.165) is 42.5 Å². The molecule has 1 saturated heterocycles. The third-order valence-corrected chi connectivity index (χ3v) is 5.19. The van der Waals surface area contributed by atoms with E-state index >= 15 is 0 Å². The SMILES string of the molecule is O=C(Nc1ccc2[nH]ncc2c1)[C@@]12CCCC[C@H]1CNC2. The van der Waals surface area contributed by atoms with Crippen LogP contribution in [-0.2, 0) is 4.79 Å². The molecular weight excluding hydrogens is 264 g/mol. The predicted molar refractivity (Wildman–Crippen MR) is 82.0 cm³/mol. The number of aromatic amines is 1. The van der Waals surface area contributed by atoms with E-state index in [2.05, 4.69) is 20.8 Å². The van der Waals surface area contributed by atoms with Crippen LogP contribution in [0.3, 0.4) is 0 Å². The minimum atomic E-state index is -0.205. The number of anilines is 1. The smallest absolute Gasteiger partial charge is 0.232 e. The number of carbonyl (C=O) groups excluding carboxylic acids is 1. The highest BCUT2D eigenvalue weighted by Gasteiger charge is 2.49. The van der Waals surface area contributed by atoms with Gasteiger partial charge in [0.25, 0.3) is 0 Å². The molecule has 0 bridgehead atoms. The van der Waals surface area contributed by atoms with Gasteiger partial charge in [-0.1, -0.05) is 12.8 Å². The Hall–Kier alpha value is -1.88. The van der Waals surface area contributed by atoms with Gasteiger partial charge < -0.3 is 10.6 Å². The monoisotopic (exact) mass is 284 g/mol. The van der Waals surface area contributed by atoms with Crippen LogP contribution in [0.1, 0.15) is 25.7 Å². The van der Waals surface area contributed by atoms with Crippen LogP contribution in [0.2, 0.25) is 0 Å². The van der Waals surface area contributed by atoms with Gasteiger partial charge in [0.05, 0.1) is 17.1 Å².